The first-order valence-electron chi connectivity index (χ1n) is 9.26. The van der Waals surface area contributed by atoms with Gasteiger partial charge in [0.05, 0.1) is 12.9 Å². The molecule has 1 aromatic heterocycles. The van der Waals surface area contributed by atoms with Crippen LogP contribution < -0.4 is 14.8 Å². The van der Waals surface area contributed by atoms with E-state index in [4.69, 9.17) is 21.1 Å². The van der Waals surface area contributed by atoms with Gasteiger partial charge in [0.1, 0.15) is 11.5 Å². The number of benzene rings is 2. The number of nitrogens with one attached hydrogen (secondary N) is 1. The Balaban J connectivity index is 1.60. The smallest absolute Gasteiger partial charge is 0.234 e. The molecule has 1 atom stereocenters. The highest BCUT2D eigenvalue weighted by atomic mass is 35.5. The van der Waals surface area contributed by atoms with Crippen LogP contribution in [-0.4, -0.2) is 33.5 Å². The van der Waals surface area contributed by atoms with E-state index in [-0.39, 0.29) is 17.8 Å². The zero-order chi connectivity index (χ0) is 21.7. The third-order valence-corrected chi connectivity index (χ3v) is 5.89. The fourth-order valence-corrected chi connectivity index (χ4v) is 3.69. The van der Waals surface area contributed by atoms with Gasteiger partial charge in [-0.25, -0.2) is 0 Å². The van der Waals surface area contributed by atoms with Gasteiger partial charge in [-0.15, -0.1) is 10.2 Å². The van der Waals surface area contributed by atoms with E-state index in [2.05, 4.69) is 15.5 Å². The van der Waals surface area contributed by atoms with Gasteiger partial charge < -0.3 is 19.4 Å². The van der Waals surface area contributed by atoms with Crippen molar-refractivity contribution in [2.75, 3.05) is 18.2 Å². The van der Waals surface area contributed by atoms with Gasteiger partial charge in [0, 0.05) is 23.8 Å². The molecule has 1 N–H and O–H groups in total. The Morgan fingerprint density at radius 2 is 1.97 bits per heavy atom. The first-order chi connectivity index (χ1) is 14.4. The predicted molar refractivity (Wildman–Crippen MR) is 119 cm³/mol. The molecule has 0 saturated heterocycles. The van der Waals surface area contributed by atoms with Crippen LogP contribution in [0.3, 0.4) is 0 Å². The summed E-state index contributed by atoms with van der Waals surface area (Å²) in [6.45, 7) is 3.76. The summed E-state index contributed by atoms with van der Waals surface area (Å²) in [5, 5.41) is 12.5. The van der Waals surface area contributed by atoms with Gasteiger partial charge in [-0.05, 0) is 43.7 Å². The van der Waals surface area contributed by atoms with Crippen molar-refractivity contribution < 1.29 is 14.3 Å². The van der Waals surface area contributed by atoms with Crippen molar-refractivity contribution in [2.45, 2.75) is 25.1 Å². The van der Waals surface area contributed by atoms with Gasteiger partial charge >= 0.3 is 0 Å². The van der Waals surface area contributed by atoms with E-state index in [1.807, 2.05) is 55.8 Å². The Hall–Kier alpha value is -2.71. The maximum Gasteiger partial charge on any atom is 0.234 e. The molecule has 0 aliphatic heterocycles. The molecule has 1 heterocycles. The first-order valence-corrected chi connectivity index (χ1v) is 10.6. The normalized spacial score (nSPS) is 11.8. The molecule has 3 aromatic rings. The standard InChI is InChI=1S/C21H23ClN4O3S/c1-13-17(22)9-6-10-18(13)23-19(27)12-30-21-25-24-20(26(21)3)14(2)29-16-8-5-7-15(11-16)28-4/h5-11,14H,12H2,1-4H3,(H,23,27). The Kier molecular flexibility index (Phi) is 7.23. The van der Waals surface area contributed by atoms with Crippen LogP contribution in [0.1, 0.15) is 24.4 Å². The molecule has 7 nitrogen and oxygen atoms in total. The molecule has 158 valence electrons. The van der Waals surface area contributed by atoms with Crippen molar-refractivity contribution in [1.29, 1.82) is 0 Å². The topological polar surface area (TPSA) is 78.3 Å². The molecule has 1 amide bonds. The molecule has 0 aliphatic carbocycles. The average molecular weight is 447 g/mol. The summed E-state index contributed by atoms with van der Waals surface area (Å²) in [5.41, 5.74) is 1.54. The number of rotatable bonds is 8. The van der Waals surface area contributed by atoms with Crippen LogP contribution >= 0.6 is 23.4 Å². The summed E-state index contributed by atoms with van der Waals surface area (Å²) in [4.78, 5) is 12.3. The summed E-state index contributed by atoms with van der Waals surface area (Å²) < 4.78 is 13.0. The third kappa shape index (κ3) is 5.25. The number of amides is 1. The van der Waals surface area contributed by atoms with Gasteiger partial charge in [0.2, 0.25) is 5.91 Å². The van der Waals surface area contributed by atoms with Crippen LogP contribution in [0.15, 0.2) is 47.6 Å². The van der Waals surface area contributed by atoms with Gasteiger partial charge in [0.25, 0.3) is 0 Å². The summed E-state index contributed by atoms with van der Waals surface area (Å²) in [6, 6.07) is 12.8. The highest BCUT2D eigenvalue weighted by molar-refractivity contribution is 7.99. The summed E-state index contributed by atoms with van der Waals surface area (Å²) in [7, 11) is 3.46. The fraction of sp³-hybridized carbons (Fsp3) is 0.286. The van der Waals surface area contributed by atoms with E-state index in [0.29, 0.717) is 27.4 Å². The number of anilines is 1. The number of ether oxygens (including phenoxy) is 2. The lowest BCUT2D eigenvalue weighted by molar-refractivity contribution is -0.113. The molecule has 9 heteroatoms. The minimum absolute atomic E-state index is 0.143. The number of thioether (sulfide) groups is 1. The zero-order valence-electron chi connectivity index (χ0n) is 17.2. The fourth-order valence-electron chi connectivity index (χ4n) is 2.80. The molecule has 0 saturated carbocycles. The van der Waals surface area contributed by atoms with E-state index < -0.39 is 0 Å². The van der Waals surface area contributed by atoms with Crippen LogP contribution in [0.5, 0.6) is 11.5 Å². The number of carbonyl (C=O) groups excluding carboxylic acids is 1. The Labute approximate surface area is 184 Å². The van der Waals surface area contributed by atoms with E-state index in [1.54, 1.807) is 19.2 Å². The summed E-state index contributed by atoms with van der Waals surface area (Å²) in [6.07, 6.45) is -0.327. The number of aromatic nitrogens is 3. The second kappa shape index (κ2) is 9.86. The first kappa shape index (κ1) is 22.0. The van der Waals surface area contributed by atoms with E-state index >= 15 is 0 Å². The molecule has 1 unspecified atom stereocenters. The monoisotopic (exact) mass is 446 g/mol. The number of methoxy groups -OCH3 is 1. The molecule has 3 rings (SSSR count). The molecule has 0 spiro atoms. The lowest BCUT2D eigenvalue weighted by Crippen LogP contribution is -2.15. The van der Waals surface area contributed by atoms with Crippen molar-refractivity contribution in [2.24, 2.45) is 7.05 Å². The predicted octanol–water partition coefficient (Wildman–Crippen LogP) is 4.66. The van der Waals surface area contributed by atoms with E-state index in [0.717, 1.165) is 11.3 Å². The summed E-state index contributed by atoms with van der Waals surface area (Å²) >= 11 is 7.41. The molecular weight excluding hydrogens is 424 g/mol. The van der Waals surface area contributed by atoms with Gasteiger partial charge in [-0.3, -0.25) is 4.79 Å². The zero-order valence-corrected chi connectivity index (χ0v) is 18.8. The molecule has 0 fully saturated rings. The molecular formula is C21H23ClN4O3S. The largest absolute Gasteiger partial charge is 0.497 e. The van der Waals surface area contributed by atoms with Crippen molar-refractivity contribution in [1.82, 2.24) is 14.8 Å². The molecule has 30 heavy (non-hydrogen) atoms. The Morgan fingerprint density at radius 1 is 1.23 bits per heavy atom. The van der Waals surface area contributed by atoms with Gasteiger partial charge in [-0.2, -0.15) is 0 Å². The van der Waals surface area contributed by atoms with Crippen LogP contribution in [0, 0.1) is 6.92 Å². The van der Waals surface area contributed by atoms with Crippen LogP contribution in [0.2, 0.25) is 5.02 Å². The van der Waals surface area contributed by atoms with Crippen LogP contribution in [-0.2, 0) is 11.8 Å². The Bertz CT molecular complexity index is 1040. The second-order valence-corrected chi connectivity index (χ2v) is 7.94. The lowest BCUT2D eigenvalue weighted by Gasteiger charge is -2.15. The highest BCUT2D eigenvalue weighted by Crippen LogP contribution is 2.27. The van der Waals surface area contributed by atoms with E-state index in [9.17, 15) is 4.79 Å². The lowest BCUT2D eigenvalue weighted by atomic mass is 10.2. The number of hydrogen-bond donors (Lipinski definition) is 1. The van der Waals surface area contributed by atoms with Crippen molar-refractivity contribution >= 4 is 35.0 Å². The molecule has 0 radical (unpaired) electrons. The molecule has 2 aromatic carbocycles. The highest BCUT2D eigenvalue weighted by Gasteiger charge is 2.18. The molecule has 0 aliphatic rings. The maximum absolute atomic E-state index is 12.3. The van der Waals surface area contributed by atoms with Crippen LogP contribution in [0.25, 0.3) is 0 Å². The quantitative estimate of drug-likeness (QED) is 0.507. The number of hydrogen-bond acceptors (Lipinski definition) is 6. The van der Waals surface area contributed by atoms with Crippen molar-refractivity contribution in [3.63, 3.8) is 0 Å². The SMILES string of the molecule is COc1cccc(OC(C)c2nnc(SCC(=O)Nc3cccc(Cl)c3C)n2C)c1. The summed E-state index contributed by atoms with van der Waals surface area (Å²) in [5.74, 6) is 2.11. The third-order valence-electron chi connectivity index (χ3n) is 4.46. The van der Waals surface area contributed by atoms with Gasteiger partial charge in [-0.1, -0.05) is 35.5 Å². The average Bonchev–Trinajstić information content (AvgIpc) is 3.10. The number of nitrogens with zero attached hydrogens (tertiary/aromatic N) is 3. The maximum atomic E-state index is 12.3. The van der Waals surface area contributed by atoms with Crippen molar-refractivity contribution in [3.05, 3.63) is 58.9 Å². The number of halogens is 1. The minimum Gasteiger partial charge on any atom is -0.497 e. The van der Waals surface area contributed by atoms with Crippen molar-refractivity contribution in [3.8, 4) is 11.5 Å². The van der Waals surface area contributed by atoms with Gasteiger partial charge in [0.15, 0.2) is 17.1 Å². The second-order valence-electron chi connectivity index (χ2n) is 6.59. The molecule has 0 bridgehead atoms. The van der Waals surface area contributed by atoms with Crippen LogP contribution in [0.4, 0.5) is 5.69 Å². The Morgan fingerprint density at radius 3 is 2.73 bits per heavy atom. The minimum atomic E-state index is -0.327. The van der Waals surface area contributed by atoms with E-state index in [1.165, 1.54) is 11.8 Å². The number of carbonyl (C=O) groups is 1.